The molecule has 1 heterocycles. The fraction of sp³-hybridized carbons (Fsp3) is 0.222. The van der Waals surface area contributed by atoms with Gasteiger partial charge < -0.3 is 19.4 Å². The molecule has 1 atom stereocenters. The molecule has 134 valence electrons. The van der Waals surface area contributed by atoms with Gasteiger partial charge >= 0.3 is 5.97 Å². The number of rotatable bonds is 6. The van der Waals surface area contributed by atoms with Gasteiger partial charge in [0.1, 0.15) is 19.1 Å². The molecule has 1 aromatic heterocycles. The van der Waals surface area contributed by atoms with Gasteiger partial charge in [-0.25, -0.2) is 0 Å². The second-order valence-corrected chi connectivity index (χ2v) is 5.68. The molecule has 26 heavy (non-hydrogen) atoms. The maximum Gasteiger partial charge on any atom is 0.313 e. The van der Waals surface area contributed by atoms with Gasteiger partial charge in [-0.05, 0) is 6.07 Å². The minimum atomic E-state index is -1.24. The van der Waals surface area contributed by atoms with Crippen molar-refractivity contribution in [3.63, 3.8) is 0 Å². The number of carbonyl (C=O) groups is 4. The van der Waals surface area contributed by atoms with Crippen LogP contribution in [0.25, 0.3) is 0 Å². The van der Waals surface area contributed by atoms with Gasteiger partial charge in [0.25, 0.3) is 0 Å². The predicted molar refractivity (Wildman–Crippen MR) is 85.0 cm³/mol. The normalized spacial score (nSPS) is 13.8. The van der Waals surface area contributed by atoms with Crippen LogP contribution in [0, 0.1) is 0 Å². The molecule has 1 aromatic carbocycles. The second kappa shape index (κ2) is 7.03. The molecule has 0 fully saturated rings. The van der Waals surface area contributed by atoms with E-state index in [4.69, 9.17) is 14.6 Å². The Morgan fingerprint density at radius 3 is 2.38 bits per heavy atom. The van der Waals surface area contributed by atoms with Crippen LogP contribution >= 0.6 is 0 Å². The molecule has 1 aliphatic carbocycles. The highest BCUT2D eigenvalue weighted by atomic mass is 16.5. The zero-order valence-corrected chi connectivity index (χ0v) is 13.4. The second-order valence-electron chi connectivity index (χ2n) is 5.68. The number of aliphatic hydroxyl groups is 2. The number of ether oxygens (including phenoxy) is 1. The Bertz CT molecular complexity index is 855. The number of fused-ring (bicyclic) bond motifs is 2. The quantitative estimate of drug-likeness (QED) is 0.370. The molecular weight excluding hydrogens is 344 g/mol. The topological polar surface area (TPSA) is 131 Å². The summed E-state index contributed by atoms with van der Waals surface area (Å²) in [6, 6.07) is 7.38. The van der Waals surface area contributed by atoms with Gasteiger partial charge in [-0.15, -0.1) is 0 Å². The Kier molecular flexibility index (Phi) is 4.79. The van der Waals surface area contributed by atoms with Crippen LogP contribution in [0.5, 0.6) is 0 Å². The highest BCUT2D eigenvalue weighted by Crippen LogP contribution is 2.29. The van der Waals surface area contributed by atoms with Crippen molar-refractivity contribution in [2.45, 2.75) is 12.5 Å². The first-order valence-corrected chi connectivity index (χ1v) is 7.72. The molecule has 0 aliphatic heterocycles. The fourth-order valence-electron chi connectivity index (χ4n) is 2.52. The Hall–Kier alpha value is -3.10. The van der Waals surface area contributed by atoms with Crippen LogP contribution in [-0.4, -0.2) is 52.8 Å². The van der Waals surface area contributed by atoms with E-state index in [0.717, 1.165) is 6.07 Å². The highest BCUT2D eigenvalue weighted by molar-refractivity contribution is 6.28. The van der Waals surface area contributed by atoms with Gasteiger partial charge in [0.15, 0.2) is 17.3 Å². The molecule has 0 amide bonds. The SMILES string of the molecule is O=C(CC(=O)c1cc2c(o1)C(=O)c1ccccc1C2=O)OC[C@@H](O)CO. The summed E-state index contributed by atoms with van der Waals surface area (Å²) in [5, 5.41) is 17.7. The highest BCUT2D eigenvalue weighted by Gasteiger charge is 2.34. The molecule has 2 N–H and O–H groups in total. The number of esters is 1. The van der Waals surface area contributed by atoms with Gasteiger partial charge in [-0.1, -0.05) is 24.3 Å². The standard InChI is InChI=1S/C18H14O8/c19-7-9(20)8-25-15(22)6-13(21)14-5-12-16(23)10-3-1-2-4-11(10)17(24)18(12)26-14/h1-5,9,19-20H,6-8H2/t9-/m0/s1. The lowest BCUT2D eigenvalue weighted by atomic mass is 9.88. The number of aliphatic hydroxyl groups excluding tert-OH is 2. The Balaban J connectivity index is 1.78. The van der Waals surface area contributed by atoms with Gasteiger partial charge in [0.2, 0.25) is 11.6 Å². The van der Waals surface area contributed by atoms with E-state index in [2.05, 4.69) is 4.74 Å². The molecule has 0 saturated carbocycles. The average molecular weight is 358 g/mol. The molecule has 2 aromatic rings. The van der Waals surface area contributed by atoms with Crippen molar-refractivity contribution < 1.29 is 38.5 Å². The molecule has 0 spiro atoms. The number of carbonyl (C=O) groups excluding carboxylic acids is 4. The minimum Gasteiger partial charge on any atom is -0.462 e. The third-order valence-corrected chi connectivity index (χ3v) is 3.83. The molecule has 3 rings (SSSR count). The van der Waals surface area contributed by atoms with Crippen LogP contribution in [0.4, 0.5) is 0 Å². The van der Waals surface area contributed by atoms with E-state index in [9.17, 15) is 19.2 Å². The van der Waals surface area contributed by atoms with Gasteiger partial charge in [-0.2, -0.15) is 0 Å². The number of Topliss-reactive ketones (excluding diaryl/α,β-unsaturated/α-hetero) is 1. The first-order chi connectivity index (χ1) is 12.4. The lowest BCUT2D eigenvalue weighted by Gasteiger charge is -2.11. The monoisotopic (exact) mass is 358 g/mol. The number of ketones is 3. The summed E-state index contributed by atoms with van der Waals surface area (Å²) in [5.41, 5.74) is 0.388. The van der Waals surface area contributed by atoms with Crippen LogP contribution in [0.2, 0.25) is 0 Å². The summed E-state index contributed by atoms with van der Waals surface area (Å²) in [7, 11) is 0. The zero-order chi connectivity index (χ0) is 18.8. The molecule has 1 aliphatic rings. The van der Waals surface area contributed by atoms with E-state index >= 15 is 0 Å². The molecule has 0 radical (unpaired) electrons. The Labute approximate surface area is 147 Å². The van der Waals surface area contributed by atoms with Crippen LogP contribution in [0.15, 0.2) is 34.7 Å². The third kappa shape index (κ3) is 3.19. The van der Waals surface area contributed by atoms with Gasteiger partial charge in [-0.3, -0.25) is 19.2 Å². The molecule has 0 saturated heterocycles. The van der Waals surface area contributed by atoms with Gasteiger partial charge in [0, 0.05) is 11.1 Å². The number of benzene rings is 1. The molecule has 8 heteroatoms. The molecule has 0 unspecified atom stereocenters. The maximum atomic E-state index is 12.5. The average Bonchev–Trinajstić information content (AvgIpc) is 3.10. The molecular formula is C18H14O8. The van der Waals surface area contributed by atoms with Crippen molar-refractivity contribution in [2.75, 3.05) is 13.2 Å². The first kappa shape index (κ1) is 17.7. The summed E-state index contributed by atoms with van der Waals surface area (Å²) in [4.78, 5) is 48.6. The third-order valence-electron chi connectivity index (χ3n) is 3.83. The lowest BCUT2D eigenvalue weighted by molar-refractivity contribution is -0.146. The van der Waals surface area contributed by atoms with Crippen molar-refractivity contribution >= 4 is 23.3 Å². The minimum absolute atomic E-state index is 0.0267. The van der Waals surface area contributed by atoms with E-state index in [1.807, 2.05) is 0 Å². The summed E-state index contributed by atoms with van der Waals surface area (Å²) < 4.78 is 9.87. The number of hydrogen-bond acceptors (Lipinski definition) is 8. The van der Waals surface area contributed by atoms with E-state index in [1.165, 1.54) is 12.1 Å². The van der Waals surface area contributed by atoms with Crippen LogP contribution in [0.1, 0.15) is 49.0 Å². The van der Waals surface area contributed by atoms with Crippen molar-refractivity contribution in [3.8, 4) is 0 Å². The first-order valence-electron chi connectivity index (χ1n) is 7.72. The zero-order valence-electron chi connectivity index (χ0n) is 13.4. The lowest BCUT2D eigenvalue weighted by Crippen LogP contribution is -2.23. The predicted octanol–water partition coefficient (Wildman–Crippen LogP) is 0.524. The van der Waals surface area contributed by atoms with E-state index in [0.29, 0.717) is 0 Å². The molecule has 8 nitrogen and oxygen atoms in total. The number of furan rings is 1. The largest absolute Gasteiger partial charge is 0.462 e. The summed E-state index contributed by atoms with van der Waals surface area (Å²) in [6.07, 6.45) is -1.93. The van der Waals surface area contributed by atoms with Crippen molar-refractivity contribution in [3.05, 3.63) is 58.5 Å². The maximum absolute atomic E-state index is 12.5. The van der Waals surface area contributed by atoms with Crippen LogP contribution < -0.4 is 0 Å². The van der Waals surface area contributed by atoms with Gasteiger partial charge in [0.05, 0.1) is 12.2 Å². The van der Waals surface area contributed by atoms with E-state index < -0.39 is 49.1 Å². The Morgan fingerprint density at radius 1 is 1.08 bits per heavy atom. The van der Waals surface area contributed by atoms with Crippen LogP contribution in [0.3, 0.4) is 0 Å². The fourth-order valence-corrected chi connectivity index (χ4v) is 2.52. The smallest absolute Gasteiger partial charge is 0.313 e. The summed E-state index contributed by atoms with van der Waals surface area (Å²) in [6.45, 7) is -1.04. The van der Waals surface area contributed by atoms with Crippen LogP contribution in [-0.2, 0) is 9.53 Å². The number of hydrogen-bond donors (Lipinski definition) is 2. The van der Waals surface area contributed by atoms with Crippen molar-refractivity contribution in [2.24, 2.45) is 0 Å². The van der Waals surface area contributed by atoms with Crippen molar-refractivity contribution in [1.82, 2.24) is 0 Å². The van der Waals surface area contributed by atoms with E-state index in [-0.39, 0.29) is 28.2 Å². The Morgan fingerprint density at radius 2 is 1.73 bits per heavy atom. The summed E-state index contributed by atoms with van der Waals surface area (Å²) >= 11 is 0. The summed E-state index contributed by atoms with van der Waals surface area (Å²) in [5.74, 6) is -3.19. The van der Waals surface area contributed by atoms with E-state index in [1.54, 1.807) is 12.1 Å². The van der Waals surface area contributed by atoms with Crippen molar-refractivity contribution in [1.29, 1.82) is 0 Å². The molecule has 0 bridgehead atoms.